The van der Waals surface area contributed by atoms with Crippen LogP contribution in [0.2, 0.25) is 0 Å². The number of carbonyl (C=O) groups is 2. The van der Waals surface area contributed by atoms with Crippen molar-refractivity contribution in [1.82, 2.24) is 4.72 Å². The SMILES string of the molecule is Cc1ccc(NC(=O)COC(=O)CNS(=O)(=O)c2ccc(F)c(F)c2F)c(F)c1. The van der Waals surface area contributed by atoms with E-state index in [0.717, 1.165) is 0 Å². The maximum absolute atomic E-state index is 13.6. The maximum Gasteiger partial charge on any atom is 0.321 e. The van der Waals surface area contributed by atoms with Crippen LogP contribution in [0.1, 0.15) is 5.56 Å². The predicted octanol–water partition coefficient (Wildman–Crippen LogP) is 2.01. The average molecular weight is 434 g/mol. The second kappa shape index (κ2) is 9.01. The highest BCUT2D eigenvalue weighted by atomic mass is 32.2. The molecule has 0 unspecified atom stereocenters. The summed E-state index contributed by atoms with van der Waals surface area (Å²) in [7, 11) is -4.70. The van der Waals surface area contributed by atoms with Crippen LogP contribution in [0.3, 0.4) is 0 Å². The number of hydrogen-bond acceptors (Lipinski definition) is 5. The van der Waals surface area contributed by atoms with Gasteiger partial charge < -0.3 is 10.1 Å². The van der Waals surface area contributed by atoms with E-state index in [-0.39, 0.29) is 5.69 Å². The van der Waals surface area contributed by atoms with Crippen LogP contribution in [0, 0.1) is 30.2 Å². The van der Waals surface area contributed by atoms with Gasteiger partial charge in [0.2, 0.25) is 10.0 Å². The van der Waals surface area contributed by atoms with Gasteiger partial charge in [0, 0.05) is 0 Å². The molecule has 29 heavy (non-hydrogen) atoms. The third-order valence-electron chi connectivity index (χ3n) is 3.46. The number of ether oxygens (including phenoxy) is 1. The van der Waals surface area contributed by atoms with Crippen molar-refractivity contribution in [3.8, 4) is 0 Å². The van der Waals surface area contributed by atoms with E-state index in [0.29, 0.717) is 17.7 Å². The predicted molar refractivity (Wildman–Crippen MR) is 92.2 cm³/mol. The first kappa shape index (κ1) is 22.3. The summed E-state index contributed by atoms with van der Waals surface area (Å²) in [5.74, 6) is -8.35. The number of nitrogens with one attached hydrogen (secondary N) is 2. The Hall–Kier alpha value is -2.99. The Balaban J connectivity index is 1.89. The van der Waals surface area contributed by atoms with Crippen LogP contribution in [0.15, 0.2) is 35.2 Å². The molecule has 0 aliphatic heterocycles. The van der Waals surface area contributed by atoms with Crippen LogP contribution in [0.25, 0.3) is 0 Å². The molecule has 0 heterocycles. The Kier molecular flexibility index (Phi) is 6.93. The molecule has 1 amide bonds. The van der Waals surface area contributed by atoms with Gasteiger partial charge in [-0.1, -0.05) is 6.07 Å². The molecule has 0 saturated heterocycles. The first-order valence-electron chi connectivity index (χ1n) is 7.86. The van der Waals surface area contributed by atoms with Gasteiger partial charge in [0.15, 0.2) is 24.1 Å². The Morgan fingerprint density at radius 2 is 1.69 bits per heavy atom. The number of rotatable bonds is 7. The van der Waals surface area contributed by atoms with Gasteiger partial charge in [0.25, 0.3) is 5.91 Å². The van der Waals surface area contributed by atoms with E-state index in [4.69, 9.17) is 0 Å². The number of aryl methyl sites for hydroxylation is 1. The normalized spacial score (nSPS) is 11.2. The van der Waals surface area contributed by atoms with Crippen molar-refractivity contribution < 1.29 is 40.3 Å². The summed E-state index contributed by atoms with van der Waals surface area (Å²) in [6.45, 7) is -0.232. The van der Waals surface area contributed by atoms with Crippen LogP contribution in [-0.4, -0.2) is 33.4 Å². The second-order valence-electron chi connectivity index (χ2n) is 5.69. The van der Waals surface area contributed by atoms with Gasteiger partial charge in [-0.2, -0.15) is 4.72 Å². The molecule has 0 spiro atoms. The van der Waals surface area contributed by atoms with Gasteiger partial charge in [-0.05, 0) is 36.8 Å². The first-order chi connectivity index (χ1) is 13.5. The Morgan fingerprint density at radius 1 is 1.00 bits per heavy atom. The molecule has 0 radical (unpaired) electrons. The molecule has 0 aliphatic rings. The van der Waals surface area contributed by atoms with Crippen molar-refractivity contribution >= 4 is 27.6 Å². The standard InChI is InChI=1S/C17H14F4N2O5S/c1-9-2-4-12(11(19)6-9)23-14(24)8-28-15(25)7-22-29(26,27)13-5-3-10(18)16(20)17(13)21/h2-6,22H,7-8H2,1H3,(H,23,24). The Morgan fingerprint density at radius 3 is 2.34 bits per heavy atom. The molecule has 12 heteroatoms. The smallest absolute Gasteiger partial charge is 0.321 e. The zero-order chi connectivity index (χ0) is 21.8. The molecule has 7 nitrogen and oxygen atoms in total. The lowest BCUT2D eigenvalue weighted by atomic mass is 10.2. The zero-order valence-electron chi connectivity index (χ0n) is 14.8. The number of amides is 1. The van der Waals surface area contributed by atoms with Crippen molar-refractivity contribution in [1.29, 1.82) is 0 Å². The molecule has 0 aliphatic carbocycles. The fourth-order valence-corrected chi connectivity index (χ4v) is 3.09. The molecule has 2 N–H and O–H groups in total. The summed E-state index contributed by atoms with van der Waals surface area (Å²) in [5, 5.41) is 2.15. The summed E-state index contributed by atoms with van der Waals surface area (Å²) in [5.41, 5.74) is 0.475. The van der Waals surface area contributed by atoms with Gasteiger partial charge in [-0.15, -0.1) is 0 Å². The van der Waals surface area contributed by atoms with E-state index in [9.17, 15) is 35.6 Å². The lowest BCUT2D eigenvalue weighted by Crippen LogP contribution is -2.33. The second-order valence-corrected chi connectivity index (χ2v) is 7.43. The molecule has 2 rings (SSSR count). The van der Waals surface area contributed by atoms with Gasteiger partial charge in [-0.3, -0.25) is 9.59 Å². The summed E-state index contributed by atoms with van der Waals surface area (Å²) in [6.07, 6.45) is 0. The topological polar surface area (TPSA) is 102 Å². The summed E-state index contributed by atoms with van der Waals surface area (Å²) in [6, 6.07) is 4.89. The van der Waals surface area contributed by atoms with Crippen LogP contribution < -0.4 is 10.0 Å². The summed E-state index contributed by atoms with van der Waals surface area (Å²) >= 11 is 0. The average Bonchev–Trinajstić information content (AvgIpc) is 2.65. The summed E-state index contributed by atoms with van der Waals surface area (Å²) < 4.78 is 83.2. The molecule has 0 fully saturated rings. The molecule has 0 bridgehead atoms. The summed E-state index contributed by atoms with van der Waals surface area (Å²) in [4.78, 5) is 22.0. The Bertz CT molecular complexity index is 1060. The molecule has 0 atom stereocenters. The highest BCUT2D eigenvalue weighted by Crippen LogP contribution is 2.19. The molecule has 156 valence electrons. The number of sulfonamides is 1. The monoisotopic (exact) mass is 434 g/mol. The van der Waals surface area contributed by atoms with Gasteiger partial charge in [-0.25, -0.2) is 26.0 Å². The highest BCUT2D eigenvalue weighted by Gasteiger charge is 2.24. The van der Waals surface area contributed by atoms with E-state index in [2.05, 4.69) is 10.1 Å². The van der Waals surface area contributed by atoms with Crippen molar-refractivity contribution in [2.24, 2.45) is 0 Å². The van der Waals surface area contributed by atoms with Crippen LogP contribution in [0.5, 0.6) is 0 Å². The number of esters is 1. The number of carbonyl (C=O) groups excluding carboxylic acids is 2. The number of halogens is 4. The maximum atomic E-state index is 13.6. The van der Waals surface area contributed by atoms with Crippen molar-refractivity contribution in [3.05, 3.63) is 59.2 Å². The lowest BCUT2D eigenvalue weighted by Gasteiger charge is -2.09. The highest BCUT2D eigenvalue weighted by molar-refractivity contribution is 7.89. The van der Waals surface area contributed by atoms with E-state index in [1.165, 1.54) is 18.2 Å². The van der Waals surface area contributed by atoms with E-state index >= 15 is 0 Å². The van der Waals surface area contributed by atoms with Crippen molar-refractivity contribution in [3.63, 3.8) is 0 Å². The van der Waals surface area contributed by atoms with Crippen molar-refractivity contribution in [2.45, 2.75) is 11.8 Å². The molecule has 2 aromatic carbocycles. The van der Waals surface area contributed by atoms with Gasteiger partial charge >= 0.3 is 5.97 Å². The van der Waals surface area contributed by atoms with Crippen LogP contribution >= 0.6 is 0 Å². The van der Waals surface area contributed by atoms with Gasteiger partial charge in [0.1, 0.15) is 17.3 Å². The number of anilines is 1. The fraction of sp³-hybridized carbons (Fsp3) is 0.176. The van der Waals surface area contributed by atoms with E-state index < -0.39 is 63.2 Å². The van der Waals surface area contributed by atoms with Crippen LogP contribution in [-0.2, 0) is 24.3 Å². The molecule has 2 aromatic rings. The number of hydrogen-bond donors (Lipinski definition) is 2. The van der Waals surface area contributed by atoms with Gasteiger partial charge in [0.05, 0.1) is 5.69 Å². The third kappa shape index (κ3) is 5.74. The third-order valence-corrected chi connectivity index (χ3v) is 4.88. The van der Waals surface area contributed by atoms with E-state index in [1.54, 1.807) is 11.6 Å². The quantitative estimate of drug-likeness (QED) is 0.395. The lowest BCUT2D eigenvalue weighted by molar-refractivity contribution is -0.146. The minimum atomic E-state index is -4.70. The largest absolute Gasteiger partial charge is 0.455 e. The molecular weight excluding hydrogens is 420 g/mol. The molecule has 0 aromatic heterocycles. The van der Waals surface area contributed by atoms with E-state index in [1.807, 2.05) is 0 Å². The minimum absolute atomic E-state index is 0.147. The zero-order valence-corrected chi connectivity index (χ0v) is 15.6. The first-order valence-corrected chi connectivity index (χ1v) is 9.34. The minimum Gasteiger partial charge on any atom is -0.455 e. The molecular formula is C17H14F4N2O5S. The Labute approximate surface area is 162 Å². The van der Waals surface area contributed by atoms with Crippen LogP contribution in [0.4, 0.5) is 23.2 Å². The fourth-order valence-electron chi connectivity index (χ4n) is 2.05. The van der Waals surface area contributed by atoms with Crippen molar-refractivity contribution in [2.75, 3.05) is 18.5 Å². The number of benzene rings is 2. The molecule has 0 saturated carbocycles.